The molecule has 1 aliphatic heterocycles. The highest BCUT2D eigenvalue weighted by molar-refractivity contribution is 6.31. The maximum absolute atomic E-state index is 12.5. The second kappa shape index (κ2) is 6.45. The smallest absolute Gasteiger partial charge is 0.282 e. The van der Waals surface area contributed by atoms with Gasteiger partial charge in [-0.15, -0.1) is 0 Å². The lowest BCUT2D eigenvalue weighted by atomic mass is 10.1. The fourth-order valence-corrected chi connectivity index (χ4v) is 2.37. The van der Waals surface area contributed by atoms with Gasteiger partial charge < -0.3 is 9.84 Å². The molecule has 2 aromatic carbocycles. The van der Waals surface area contributed by atoms with Crippen molar-refractivity contribution in [3.05, 3.63) is 59.7 Å². The standard InChI is InChI=1S/C18H16N2O4/c1-2-24-16-11-12(8-9-15(16)21)10-14-17(22)19-20(18(14)23)13-6-4-3-5-7-13/h3-11,21H,2H2,1H3,(H,19,22). The zero-order chi connectivity index (χ0) is 17.1. The molecule has 6 heteroatoms. The second-order valence-electron chi connectivity index (χ2n) is 5.14. The number of hydrogen-bond acceptors (Lipinski definition) is 4. The van der Waals surface area contributed by atoms with Gasteiger partial charge in [0.1, 0.15) is 5.57 Å². The Morgan fingerprint density at radius 1 is 1.17 bits per heavy atom. The number of carbonyl (C=O) groups is 2. The van der Waals surface area contributed by atoms with Gasteiger partial charge in [0.25, 0.3) is 11.8 Å². The lowest BCUT2D eigenvalue weighted by molar-refractivity contribution is -0.117. The third-order valence-electron chi connectivity index (χ3n) is 3.50. The van der Waals surface area contributed by atoms with Crippen molar-refractivity contribution < 1.29 is 19.4 Å². The first kappa shape index (κ1) is 15.6. The largest absolute Gasteiger partial charge is 0.504 e. The molecular weight excluding hydrogens is 308 g/mol. The Hall–Kier alpha value is -3.28. The van der Waals surface area contributed by atoms with Crippen LogP contribution in [0.3, 0.4) is 0 Å². The number of phenols is 1. The molecule has 24 heavy (non-hydrogen) atoms. The van der Waals surface area contributed by atoms with Crippen LogP contribution in [0.15, 0.2) is 54.1 Å². The van der Waals surface area contributed by atoms with E-state index in [-0.39, 0.29) is 11.3 Å². The molecule has 6 nitrogen and oxygen atoms in total. The zero-order valence-electron chi connectivity index (χ0n) is 13.0. The average molecular weight is 324 g/mol. The first-order valence-electron chi connectivity index (χ1n) is 7.48. The molecule has 2 N–H and O–H groups in total. The van der Waals surface area contributed by atoms with Crippen molar-refractivity contribution in [2.45, 2.75) is 6.92 Å². The van der Waals surface area contributed by atoms with Crippen LogP contribution >= 0.6 is 0 Å². The van der Waals surface area contributed by atoms with E-state index in [1.165, 1.54) is 17.2 Å². The van der Waals surface area contributed by atoms with E-state index < -0.39 is 11.8 Å². The van der Waals surface area contributed by atoms with Crippen LogP contribution in [0.4, 0.5) is 5.69 Å². The van der Waals surface area contributed by atoms with Crippen LogP contribution in [0.25, 0.3) is 6.08 Å². The summed E-state index contributed by atoms with van der Waals surface area (Å²) in [6.45, 7) is 2.20. The number of carbonyl (C=O) groups excluding carboxylic acids is 2. The molecule has 122 valence electrons. The fourth-order valence-electron chi connectivity index (χ4n) is 2.37. The minimum Gasteiger partial charge on any atom is -0.504 e. The molecule has 0 radical (unpaired) electrons. The summed E-state index contributed by atoms with van der Waals surface area (Å²) in [5, 5.41) is 10.9. The number of amides is 2. The third kappa shape index (κ3) is 2.94. The van der Waals surface area contributed by atoms with Gasteiger partial charge in [-0.05, 0) is 42.8 Å². The van der Waals surface area contributed by atoms with E-state index in [1.54, 1.807) is 43.3 Å². The van der Waals surface area contributed by atoms with Crippen LogP contribution in [0.1, 0.15) is 12.5 Å². The van der Waals surface area contributed by atoms with Gasteiger partial charge in [0.15, 0.2) is 11.5 Å². The van der Waals surface area contributed by atoms with Gasteiger partial charge in [-0.1, -0.05) is 24.3 Å². The van der Waals surface area contributed by atoms with Crippen LogP contribution in [0.5, 0.6) is 11.5 Å². The molecule has 0 unspecified atom stereocenters. The lowest BCUT2D eigenvalue weighted by Gasteiger charge is -2.13. The van der Waals surface area contributed by atoms with E-state index in [2.05, 4.69) is 5.43 Å². The van der Waals surface area contributed by atoms with Crippen LogP contribution in [-0.4, -0.2) is 23.5 Å². The van der Waals surface area contributed by atoms with Crippen molar-refractivity contribution in [3.63, 3.8) is 0 Å². The number of ether oxygens (including phenoxy) is 1. The predicted molar refractivity (Wildman–Crippen MR) is 89.3 cm³/mol. The van der Waals surface area contributed by atoms with E-state index in [0.717, 1.165) is 0 Å². The van der Waals surface area contributed by atoms with Gasteiger partial charge in [0.2, 0.25) is 0 Å². The summed E-state index contributed by atoms with van der Waals surface area (Å²) in [6, 6.07) is 13.5. The highest BCUT2D eigenvalue weighted by Crippen LogP contribution is 2.28. The topological polar surface area (TPSA) is 78.9 Å². The highest BCUT2D eigenvalue weighted by atomic mass is 16.5. The number of nitrogens with one attached hydrogen (secondary N) is 1. The van der Waals surface area contributed by atoms with Crippen molar-refractivity contribution in [3.8, 4) is 11.5 Å². The van der Waals surface area contributed by atoms with Crippen molar-refractivity contribution in [1.29, 1.82) is 0 Å². The number of benzene rings is 2. The van der Waals surface area contributed by atoms with Crippen LogP contribution in [0, 0.1) is 0 Å². The Morgan fingerprint density at radius 2 is 1.92 bits per heavy atom. The summed E-state index contributed by atoms with van der Waals surface area (Å²) >= 11 is 0. The van der Waals surface area contributed by atoms with Gasteiger partial charge in [-0.2, -0.15) is 0 Å². The molecule has 0 spiro atoms. The molecule has 0 atom stereocenters. The molecule has 3 rings (SSSR count). The maximum atomic E-state index is 12.5. The first-order valence-corrected chi connectivity index (χ1v) is 7.48. The number of nitrogens with zero attached hydrogens (tertiary/aromatic N) is 1. The first-order chi connectivity index (χ1) is 11.6. The Bertz CT molecular complexity index is 815. The summed E-state index contributed by atoms with van der Waals surface area (Å²) in [6.07, 6.45) is 1.47. The molecule has 1 saturated heterocycles. The summed E-state index contributed by atoms with van der Waals surface area (Å²) in [5.41, 5.74) is 3.73. The van der Waals surface area contributed by atoms with Gasteiger partial charge >= 0.3 is 0 Å². The normalized spacial score (nSPS) is 15.7. The molecule has 1 heterocycles. The van der Waals surface area contributed by atoms with Crippen molar-refractivity contribution in [2.75, 3.05) is 11.6 Å². The number of phenolic OH excluding ortho intramolecular Hbond substituents is 1. The molecule has 0 aromatic heterocycles. The van der Waals surface area contributed by atoms with Gasteiger partial charge in [-0.3, -0.25) is 15.0 Å². The second-order valence-corrected chi connectivity index (χ2v) is 5.14. The van der Waals surface area contributed by atoms with Gasteiger partial charge in [-0.25, -0.2) is 5.01 Å². The lowest BCUT2D eigenvalue weighted by Crippen LogP contribution is -2.35. The highest BCUT2D eigenvalue weighted by Gasteiger charge is 2.34. The Morgan fingerprint density at radius 3 is 2.62 bits per heavy atom. The number of hydrogen-bond donors (Lipinski definition) is 2. The zero-order valence-corrected chi connectivity index (χ0v) is 13.0. The molecule has 0 aliphatic carbocycles. The third-order valence-corrected chi connectivity index (χ3v) is 3.50. The van der Waals surface area contributed by atoms with Crippen LogP contribution < -0.4 is 15.2 Å². The van der Waals surface area contributed by atoms with Crippen LogP contribution in [-0.2, 0) is 9.59 Å². The fraction of sp³-hybridized carbons (Fsp3) is 0.111. The van der Waals surface area contributed by atoms with Gasteiger partial charge in [0.05, 0.1) is 12.3 Å². The van der Waals surface area contributed by atoms with E-state index >= 15 is 0 Å². The number of hydrazine groups is 1. The van der Waals surface area contributed by atoms with E-state index in [0.29, 0.717) is 23.6 Å². The van der Waals surface area contributed by atoms with Gasteiger partial charge in [0, 0.05) is 0 Å². The summed E-state index contributed by atoms with van der Waals surface area (Å²) in [4.78, 5) is 24.6. The molecule has 1 fully saturated rings. The van der Waals surface area contributed by atoms with E-state index in [9.17, 15) is 14.7 Å². The molecule has 0 bridgehead atoms. The van der Waals surface area contributed by atoms with E-state index in [1.807, 2.05) is 6.07 Å². The molecule has 2 amide bonds. The number of rotatable bonds is 4. The Labute approximate surface area is 138 Å². The Kier molecular flexibility index (Phi) is 4.20. The number of anilines is 1. The minimum absolute atomic E-state index is 0.00659. The van der Waals surface area contributed by atoms with Crippen molar-refractivity contribution >= 4 is 23.6 Å². The summed E-state index contributed by atoms with van der Waals surface area (Å²) in [5.74, 6) is -0.600. The van der Waals surface area contributed by atoms with Crippen molar-refractivity contribution in [2.24, 2.45) is 0 Å². The summed E-state index contributed by atoms with van der Waals surface area (Å²) in [7, 11) is 0. The molecular formula is C18H16N2O4. The minimum atomic E-state index is -0.477. The molecule has 2 aromatic rings. The van der Waals surface area contributed by atoms with Crippen molar-refractivity contribution in [1.82, 2.24) is 5.43 Å². The van der Waals surface area contributed by atoms with E-state index in [4.69, 9.17) is 4.74 Å². The predicted octanol–water partition coefficient (Wildman–Crippen LogP) is 2.25. The summed E-state index contributed by atoms with van der Waals surface area (Å²) < 4.78 is 5.31. The van der Waals surface area contributed by atoms with Crippen LogP contribution in [0.2, 0.25) is 0 Å². The SMILES string of the molecule is CCOc1cc(C=C2C(=O)NN(c3ccccc3)C2=O)ccc1O. The quantitative estimate of drug-likeness (QED) is 0.668. The number of para-hydroxylation sites is 1. The Balaban J connectivity index is 1.92. The average Bonchev–Trinajstić information content (AvgIpc) is 2.87. The monoisotopic (exact) mass is 324 g/mol. The number of aromatic hydroxyl groups is 1. The molecule has 1 aliphatic rings. The maximum Gasteiger partial charge on any atom is 0.282 e. The molecule has 0 saturated carbocycles.